The predicted molar refractivity (Wildman–Crippen MR) is 79.7 cm³/mol. The molecule has 0 amide bonds. The number of hydrogen-bond acceptors (Lipinski definition) is 2. The fourth-order valence-corrected chi connectivity index (χ4v) is 3.21. The molecule has 0 saturated heterocycles. The topological polar surface area (TPSA) is 38.1 Å². The Labute approximate surface area is 120 Å². The van der Waals surface area contributed by atoms with Crippen LogP contribution in [0.5, 0.6) is 0 Å². The summed E-state index contributed by atoms with van der Waals surface area (Å²) in [5, 5.41) is 14.9. The molecule has 20 heavy (non-hydrogen) atoms. The highest BCUT2D eigenvalue weighted by Gasteiger charge is 2.21. The lowest BCUT2D eigenvalue weighted by Gasteiger charge is -2.24. The second kappa shape index (κ2) is 6.23. The highest BCUT2D eigenvalue weighted by molar-refractivity contribution is 5.32. The van der Waals surface area contributed by atoms with Crippen molar-refractivity contribution >= 4 is 0 Å². The summed E-state index contributed by atoms with van der Waals surface area (Å²) in [5.74, 6) is 0.665. The lowest BCUT2D eigenvalue weighted by atomic mass is 9.85. The molecule has 1 unspecified atom stereocenters. The fourth-order valence-electron chi connectivity index (χ4n) is 3.21. The third kappa shape index (κ3) is 2.93. The monoisotopic (exact) mass is 270 g/mol. The van der Waals surface area contributed by atoms with Crippen LogP contribution in [0.3, 0.4) is 0 Å². The fraction of sp³-hybridized carbons (Fsp3) is 0.471. The first kappa shape index (κ1) is 13.4. The van der Waals surface area contributed by atoms with Crippen molar-refractivity contribution < 1.29 is 5.11 Å². The molecule has 0 radical (unpaired) electrons. The maximum Gasteiger partial charge on any atom is 0.0963 e. The van der Waals surface area contributed by atoms with Gasteiger partial charge in [0.25, 0.3) is 0 Å². The van der Waals surface area contributed by atoms with Gasteiger partial charge in [0.15, 0.2) is 0 Å². The van der Waals surface area contributed by atoms with Crippen LogP contribution in [0.2, 0.25) is 0 Å². The molecule has 2 aromatic rings. The molecule has 1 N–H and O–H groups in total. The van der Waals surface area contributed by atoms with Gasteiger partial charge in [0, 0.05) is 6.20 Å². The minimum absolute atomic E-state index is 0.416. The van der Waals surface area contributed by atoms with E-state index in [1.165, 1.54) is 32.1 Å². The maximum absolute atomic E-state index is 10.5. The Balaban J connectivity index is 1.75. The van der Waals surface area contributed by atoms with E-state index >= 15 is 0 Å². The largest absolute Gasteiger partial charge is 0.387 e. The van der Waals surface area contributed by atoms with Crippen LogP contribution in [0.25, 0.3) is 5.69 Å². The lowest BCUT2D eigenvalue weighted by molar-refractivity contribution is 0.125. The SMILES string of the molecule is OC(CC1CCCCC1)c1ccnn1-c1ccccc1. The Hall–Kier alpha value is -1.61. The number of para-hydroxylation sites is 1. The summed E-state index contributed by atoms with van der Waals surface area (Å²) in [6.45, 7) is 0. The van der Waals surface area contributed by atoms with Crippen LogP contribution in [0, 0.1) is 5.92 Å². The summed E-state index contributed by atoms with van der Waals surface area (Å²) < 4.78 is 1.85. The molecule has 1 saturated carbocycles. The van der Waals surface area contributed by atoms with Gasteiger partial charge in [-0.1, -0.05) is 50.3 Å². The third-order valence-corrected chi connectivity index (χ3v) is 4.30. The summed E-state index contributed by atoms with van der Waals surface area (Å²) in [6.07, 6.45) is 8.72. The van der Waals surface area contributed by atoms with Crippen LogP contribution >= 0.6 is 0 Å². The van der Waals surface area contributed by atoms with Gasteiger partial charge >= 0.3 is 0 Å². The van der Waals surface area contributed by atoms with E-state index in [0.717, 1.165) is 17.8 Å². The number of rotatable bonds is 4. The normalized spacial score (nSPS) is 18.1. The highest BCUT2D eigenvalue weighted by Crippen LogP contribution is 2.32. The van der Waals surface area contributed by atoms with Crippen molar-refractivity contribution in [3.05, 3.63) is 48.3 Å². The molecule has 106 valence electrons. The predicted octanol–water partition coefficient (Wildman–Crippen LogP) is 3.88. The minimum atomic E-state index is -0.416. The summed E-state index contributed by atoms with van der Waals surface area (Å²) in [6, 6.07) is 11.9. The number of aromatic nitrogens is 2. The molecule has 1 aliphatic rings. The first-order chi connectivity index (χ1) is 9.84. The Morgan fingerprint density at radius 1 is 1.10 bits per heavy atom. The zero-order valence-electron chi connectivity index (χ0n) is 11.8. The van der Waals surface area contributed by atoms with E-state index in [1.54, 1.807) is 6.20 Å². The molecule has 3 heteroatoms. The lowest BCUT2D eigenvalue weighted by Crippen LogP contribution is -2.14. The van der Waals surface area contributed by atoms with Crippen molar-refractivity contribution in [1.29, 1.82) is 0 Å². The smallest absolute Gasteiger partial charge is 0.0963 e. The zero-order valence-corrected chi connectivity index (χ0v) is 11.8. The Morgan fingerprint density at radius 2 is 1.85 bits per heavy atom. The first-order valence-electron chi connectivity index (χ1n) is 7.62. The van der Waals surface area contributed by atoms with Crippen LogP contribution < -0.4 is 0 Å². The van der Waals surface area contributed by atoms with Crippen molar-refractivity contribution in [2.24, 2.45) is 5.92 Å². The van der Waals surface area contributed by atoms with E-state index < -0.39 is 6.10 Å². The molecule has 3 nitrogen and oxygen atoms in total. The first-order valence-corrected chi connectivity index (χ1v) is 7.62. The van der Waals surface area contributed by atoms with E-state index in [4.69, 9.17) is 0 Å². The molecule has 1 aliphatic carbocycles. The van der Waals surface area contributed by atoms with Gasteiger partial charge in [0.2, 0.25) is 0 Å². The Bertz CT molecular complexity index is 529. The zero-order chi connectivity index (χ0) is 13.8. The Kier molecular flexibility index (Phi) is 4.16. The van der Waals surface area contributed by atoms with Gasteiger partial charge in [-0.15, -0.1) is 0 Å². The van der Waals surface area contributed by atoms with Gasteiger partial charge in [-0.25, -0.2) is 4.68 Å². The van der Waals surface area contributed by atoms with Crippen LogP contribution in [0.1, 0.15) is 50.3 Å². The molecule has 0 aliphatic heterocycles. The minimum Gasteiger partial charge on any atom is -0.387 e. The average Bonchev–Trinajstić information content (AvgIpc) is 2.99. The van der Waals surface area contributed by atoms with Crippen LogP contribution in [0.15, 0.2) is 42.6 Å². The van der Waals surface area contributed by atoms with Gasteiger partial charge in [0.1, 0.15) is 0 Å². The van der Waals surface area contributed by atoms with E-state index in [9.17, 15) is 5.11 Å². The van der Waals surface area contributed by atoms with Crippen LogP contribution in [-0.2, 0) is 0 Å². The number of hydrogen-bond donors (Lipinski definition) is 1. The molecular formula is C17H22N2O. The second-order valence-electron chi connectivity index (χ2n) is 5.76. The average molecular weight is 270 g/mol. The van der Waals surface area contributed by atoms with Gasteiger partial charge in [-0.2, -0.15) is 5.10 Å². The number of benzene rings is 1. The van der Waals surface area contributed by atoms with Crippen molar-refractivity contribution in [1.82, 2.24) is 9.78 Å². The van der Waals surface area contributed by atoms with E-state index in [-0.39, 0.29) is 0 Å². The van der Waals surface area contributed by atoms with Crippen molar-refractivity contribution in [2.45, 2.75) is 44.6 Å². The summed E-state index contributed by atoms with van der Waals surface area (Å²) in [4.78, 5) is 0. The molecule has 1 heterocycles. The van der Waals surface area contributed by atoms with Gasteiger partial charge < -0.3 is 5.11 Å². The maximum atomic E-state index is 10.5. The molecule has 0 spiro atoms. The molecule has 3 rings (SSSR count). The third-order valence-electron chi connectivity index (χ3n) is 4.30. The number of aliphatic hydroxyl groups is 1. The summed E-state index contributed by atoms with van der Waals surface area (Å²) in [7, 11) is 0. The van der Waals surface area contributed by atoms with Gasteiger partial charge in [-0.3, -0.25) is 0 Å². The van der Waals surface area contributed by atoms with Crippen molar-refractivity contribution in [3.63, 3.8) is 0 Å². The molecule has 1 atom stereocenters. The number of aliphatic hydroxyl groups excluding tert-OH is 1. The molecule has 1 aromatic heterocycles. The summed E-state index contributed by atoms with van der Waals surface area (Å²) >= 11 is 0. The highest BCUT2D eigenvalue weighted by atomic mass is 16.3. The molecule has 1 fully saturated rings. The quantitative estimate of drug-likeness (QED) is 0.915. The van der Waals surface area contributed by atoms with E-state index in [1.807, 2.05) is 41.1 Å². The van der Waals surface area contributed by atoms with Gasteiger partial charge in [-0.05, 0) is 30.5 Å². The van der Waals surface area contributed by atoms with Crippen molar-refractivity contribution in [3.8, 4) is 5.69 Å². The molecular weight excluding hydrogens is 248 g/mol. The second-order valence-corrected chi connectivity index (χ2v) is 5.76. The van der Waals surface area contributed by atoms with Crippen molar-refractivity contribution in [2.75, 3.05) is 0 Å². The molecule has 0 bridgehead atoms. The van der Waals surface area contributed by atoms with Crippen LogP contribution in [-0.4, -0.2) is 14.9 Å². The van der Waals surface area contributed by atoms with E-state index in [2.05, 4.69) is 5.10 Å². The molecule has 1 aromatic carbocycles. The van der Waals surface area contributed by atoms with Crippen LogP contribution in [0.4, 0.5) is 0 Å². The standard InChI is InChI=1S/C17H22N2O/c20-17(13-14-7-3-1-4-8-14)16-11-12-18-19(16)15-9-5-2-6-10-15/h2,5-6,9-12,14,17,20H,1,3-4,7-8,13H2. The summed E-state index contributed by atoms with van der Waals surface area (Å²) in [5.41, 5.74) is 1.91. The Morgan fingerprint density at radius 3 is 2.60 bits per heavy atom. The number of nitrogens with zero attached hydrogens (tertiary/aromatic N) is 2. The van der Waals surface area contributed by atoms with Gasteiger partial charge in [0.05, 0.1) is 17.5 Å². The van der Waals surface area contributed by atoms with E-state index in [0.29, 0.717) is 5.92 Å².